The maximum atomic E-state index is 12.2. The van der Waals surface area contributed by atoms with Crippen molar-refractivity contribution < 1.29 is 9.53 Å². The molecule has 0 bridgehead atoms. The molecule has 0 spiro atoms. The number of hydrogen-bond donors (Lipinski definition) is 0. The van der Waals surface area contributed by atoms with Gasteiger partial charge in [-0.15, -0.1) is 0 Å². The molecular weight excluding hydrogens is 262 g/mol. The van der Waals surface area contributed by atoms with Crippen molar-refractivity contribution >= 4 is 17.5 Å². The van der Waals surface area contributed by atoms with Gasteiger partial charge in [0.05, 0.1) is 0 Å². The zero-order valence-corrected chi connectivity index (χ0v) is 12.2. The summed E-state index contributed by atoms with van der Waals surface area (Å²) < 4.78 is 5.72. The van der Waals surface area contributed by atoms with Crippen LogP contribution < -0.4 is 4.74 Å². The van der Waals surface area contributed by atoms with E-state index < -0.39 is 6.10 Å². The minimum atomic E-state index is -0.446. The van der Waals surface area contributed by atoms with E-state index >= 15 is 0 Å². The fourth-order valence-corrected chi connectivity index (χ4v) is 2.43. The van der Waals surface area contributed by atoms with Crippen LogP contribution in [-0.2, 0) is 4.79 Å². The van der Waals surface area contributed by atoms with Crippen LogP contribution in [0.1, 0.15) is 31.7 Å². The van der Waals surface area contributed by atoms with Crippen molar-refractivity contribution in [1.29, 1.82) is 0 Å². The summed E-state index contributed by atoms with van der Waals surface area (Å²) in [5.74, 6) is 0.770. The molecule has 3 nitrogen and oxygen atoms in total. The first kappa shape index (κ1) is 14.2. The van der Waals surface area contributed by atoms with E-state index in [9.17, 15) is 4.79 Å². The van der Waals surface area contributed by atoms with E-state index in [2.05, 4.69) is 0 Å². The summed E-state index contributed by atoms with van der Waals surface area (Å²) in [6.07, 6.45) is 2.96. The number of likely N-dealkylation sites (tertiary alicyclic amines) is 1. The van der Waals surface area contributed by atoms with Gasteiger partial charge in [0.25, 0.3) is 5.91 Å². The second-order valence-electron chi connectivity index (χ2n) is 5.06. The van der Waals surface area contributed by atoms with E-state index in [1.807, 2.05) is 17.9 Å². The molecular formula is C15H20ClNO2. The largest absolute Gasteiger partial charge is 0.481 e. The Labute approximate surface area is 119 Å². The van der Waals surface area contributed by atoms with Crippen LogP contribution in [0, 0.1) is 6.92 Å². The standard InChI is InChI=1S/C15H20ClNO2/c1-11-10-13(6-7-14(11)16)19-12(2)15(18)17-8-4-3-5-9-17/h6-7,10,12H,3-5,8-9H2,1-2H3/t12-/m1/s1. The maximum absolute atomic E-state index is 12.2. The fourth-order valence-electron chi connectivity index (χ4n) is 2.32. The highest BCUT2D eigenvalue weighted by Crippen LogP contribution is 2.22. The van der Waals surface area contributed by atoms with Crippen LogP contribution in [0.3, 0.4) is 0 Å². The Morgan fingerprint density at radius 3 is 2.63 bits per heavy atom. The van der Waals surface area contributed by atoms with Crippen molar-refractivity contribution in [2.45, 2.75) is 39.2 Å². The van der Waals surface area contributed by atoms with Crippen LogP contribution >= 0.6 is 11.6 Å². The highest BCUT2D eigenvalue weighted by molar-refractivity contribution is 6.31. The molecule has 1 amide bonds. The third kappa shape index (κ3) is 3.63. The molecule has 0 unspecified atom stereocenters. The zero-order valence-electron chi connectivity index (χ0n) is 11.5. The maximum Gasteiger partial charge on any atom is 0.263 e. The van der Waals surface area contributed by atoms with E-state index in [4.69, 9.17) is 16.3 Å². The van der Waals surface area contributed by atoms with E-state index in [0.29, 0.717) is 10.8 Å². The van der Waals surface area contributed by atoms with Crippen LogP contribution in [0.25, 0.3) is 0 Å². The number of amides is 1. The average molecular weight is 282 g/mol. The lowest BCUT2D eigenvalue weighted by molar-refractivity contribution is -0.138. The van der Waals surface area contributed by atoms with Gasteiger partial charge in [-0.05, 0) is 56.9 Å². The molecule has 0 saturated carbocycles. The van der Waals surface area contributed by atoms with Crippen LogP contribution in [0.2, 0.25) is 5.02 Å². The summed E-state index contributed by atoms with van der Waals surface area (Å²) >= 11 is 5.97. The number of carbonyl (C=O) groups is 1. The molecule has 0 aliphatic carbocycles. The highest BCUT2D eigenvalue weighted by Gasteiger charge is 2.23. The Bertz CT molecular complexity index is 455. The molecule has 1 aliphatic heterocycles. The van der Waals surface area contributed by atoms with Gasteiger partial charge in [-0.3, -0.25) is 4.79 Å². The van der Waals surface area contributed by atoms with Crippen molar-refractivity contribution in [3.05, 3.63) is 28.8 Å². The van der Waals surface area contributed by atoms with Gasteiger partial charge in [0.2, 0.25) is 0 Å². The average Bonchev–Trinajstić information content (AvgIpc) is 2.43. The normalized spacial score (nSPS) is 17.1. The first-order chi connectivity index (χ1) is 9.08. The first-order valence-corrected chi connectivity index (χ1v) is 7.17. The summed E-state index contributed by atoms with van der Waals surface area (Å²) in [6, 6.07) is 5.46. The molecule has 2 rings (SSSR count). The van der Waals surface area contributed by atoms with Crippen LogP contribution in [0.4, 0.5) is 0 Å². The van der Waals surface area contributed by atoms with Crippen LogP contribution in [0.5, 0.6) is 5.75 Å². The smallest absolute Gasteiger partial charge is 0.263 e. The topological polar surface area (TPSA) is 29.5 Å². The molecule has 19 heavy (non-hydrogen) atoms. The summed E-state index contributed by atoms with van der Waals surface area (Å²) in [4.78, 5) is 14.1. The number of ether oxygens (including phenoxy) is 1. The zero-order chi connectivity index (χ0) is 13.8. The third-order valence-electron chi connectivity index (χ3n) is 3.46. The third-order valence-corrected chi connectivity index (χ3v) is 3.88. The summed E-state index contributed by atoms with van der Waals surface area (Å²) in [5, 5.41) is 0.711. The number of halogens is 1. The molecule has 0 N–H and O–H groups in total. The molecule has 4 heteroatoms. The van der Waals surface area contributed by atoms with Gasteiger partial charge in [0.1, 0.15) is 5.75 Å². The lowest BCUT2D eigenvalue weighted by Gasteiger charge is -2.29. The lowest BCUT2D eigenvalue weighted by atomic mass is 10.1. The minimum Gasteiger partial charge on any atom is -0.481 e. The predicted octanol–water partition coefficient (Wildman–Crippen LogP) is 3.43. The van der Waals surface area contributed by atoms with Gasteiger partial charge >= 0.3 is 0 Å². The second kappa shape index (κ2) is 6.29. The van der Waals surface area contributed by atoms with Gasteiger partial charge in [0.15, 0.2) is 6.10 Å². The number of aryl methyl sites for hydroxylation is 1. The summed E-state index contributed by atoms with van der Waals surface area (Å²) in [6.45, 7) is 5.44. The van der Waals surface area contributed by atoms with E-state index in [1.165, 1.54) is 6.42 Å². The summed E-state index contributed by atoms with van der Waals surface area (Å²) in [5.41, 5.74) is 0.955. The number of nitrogens with zero attached hydrogens (tertiary/aromatic N) is 1. The number of piperidine rings is 1. The van der Waals surface area contributed by atoms with E-state index in [-0.39, 0.29) is 5.91 Å². The molecule has 1 heterocycles. The molecule has 1 aromatic rings. The summed E-state index contributed by atoms with van der Waals surface area (Å²) in [7, 11) is 0. The van der Waals surface area contributed by atoms with E-state index in [1.54, 1.807) is 19.1 Å². The Morgan fingerprint density at radius 1 is 1.32 bits per heavy atom. The SMILES string of the molecule is Cc1cc(O[C@H](C)C(=O)N2CCCCC2)ccc1Cl. The first-order valence-electron chi connectivity index (χ1n) is 6.79. The van der Waals surface area contributed by atoms with Gasteiger partial charge in [-0.1, -0.05) is 11.6 Å². The Hall–Kier alpha value is -1.22. The van der Waals surface area contributed by atoms with Crippen molar-refractivity contribution in [3.8, 4) is 5.75 Å². The molecule has 0 radical (unpaired) electrons. The minimum absolute atomic E-state index is 0.0762. The number of benzene rings is 1. The van der Waals surface area contributed by atoms with Crippen molar-refractivity contribution in [2.75, 3.05) is 13.1 Å². The van der Waals surface area contributed by atoms with Crippen molar-refractivity contribution in [2.24, 2.45) is 0 Å². The van der Waals surface area contributed by atoms with E-state index in [0.717, 1.165) is 31.5 Å². The lowest BCUT2D eigenvalue weighted by Crippen LogP contribution is -2.43. The second-order valence-corrected chi connectivity index (χ2v) is 5.46. The number of rotatable bonds is 3. The van der Waals surface area contributed by atoms with Gasteiger partial charge in [-0.25, -0.2) is 0 Å². The molecule has 1 saturated heterocycles. The Balaban J connectivity index is 1.97. The predicted molar refractivity (Wildman–Crippen MR) is 76.7 cm³/mol. The quantitative estimate of drug-likeness (QED) is 0.849. The van der Waals surface area contributed by atoms with Crippen LogP contribution in [0.15, 0.2) is 18.2 Å². The Kier molecular flexibility index (Phi) is 4.70. The Morgan fingerprint density at radius 2 is 2.00 bits per heavy atom. The van der Waals surface area contributed by atoms with Crippen molar-refractivity contribution in [1.82, 2.24) is 4.90 Å². The van der Waals surface area contributed by atoms with Gasteiger partial charge < -0.3 is 9.64 Å². The molecule has 0 aromatic heterocycles. The molecule has 104 valence electrons. The monoisotopic (exact) mass is 281 g/mol. The van der Waals surface area contributed by atoms with Crippen LogP contribution in [-0.4, -0.2) is 30.0 Å². The number of carbonyl (C=O) groups excluding carboxylic acids is 1. The molecule has 1 atom stereocenters. The molecule has 1 aliphatic rings. The fraction of sp³-hybridized carbons (Fsp3) is 0.533. The van der Waals surface area contributed by atoms with Gasteiger partial charge in [0, 0.05) is 18.1 Å². The molecule has 1 fully saturated rings. The van der Waals surface area contributed by atoms with Gasteiger partial charge in [-0.2, -0.15) is 0 Å². The number of hydrogen-bond acceptors (Lipinski definition) is 2. The molecule has 1 aromatic carbocycles. The highest BCUT2D eigenvalue weighted by atomic mass is 35.5. The van der Waals surface area contributed by atoms with Crippen molar-refractivity contribution in [3.63, 3.8) is 0 Å².